The van der Waals surface area contributed by atoms with Crippen molar-refractivity contribution in [1.82, 2.24) is 19.6 Å². The molecule has 0 aliphatic heterocycles. The highest BCUT2D eigenvalue weighted by Gasteiger charge is 2.10. The molecule has 3 rings (SSSR count). The highest BCUT2D eigenvalue weighted by atomic mass is 19.3. The molecule has 3 aromatic rings. The molecule has 0 aliphatic carbocycles. The van der Waals surface area contributed by atoms with E-state index in [1.165, 1.54) is 22.7 Å². The first-order valence-electron chi connectivity index (χ1n) is 5.63. The quantitative estimate of drug-likeness (QED) is 0.791. The van der Waals surface area contributed by atoms with Crippen LogP contribution in [0.25, 0.3) is 17.0 Å². The molecule has 102 valence electrons. The number of nitrogens with one attached hydrogen (secondary N) is 1. The van der Waals surface area contributed by atoms with Crippen LogP contribution in [-0.2, 0) is 0 Å². The van der Waals surface area contributed by atoms with Crippen LogP contribution in [0.4, 0.5) is 8.78 Å². The van der Waals surface area contributed by atoms with Gasteiger partial charge in [0.25, 0.3) is 5.56 Å². The Morgan fingerprint density at radius 1 is 1.20 bits per heavy atom. The van der Waals surface area contributed by atoms with Crippen molar-refractivity contribution < 1.29 is 13.5 Å². The van der Waals surface area contributed by atoms with Crippen LogP contribution < -0.4 is 10.3 Å². The van der Waals surface area contributed by atoms with Gasteiger partial charge in [0, 0.05) is 18.0 Å². The SMILES string of the molecule is O=c1[nH]ccn2c(-c3ccc(OC(F)F)cc3)nnc12. The maximum Gasteiger partial charge on any atom is 0.387 e. The van der Waals surface area contributed by atoms with E-state index in [-0.39, 0.29) is 17.0 Å². The molecule has 0 amide bonds. The third kappa shape index (κ3) is 2.11. The summed E-state index contributed by atoms with van der Waals surface area (Å²) in [5, 5.41) is 7.70. The lowest BCUT2D eigenvalue weighted by Gasteiger charge is -2.04. The number of rotatable bonds is 3. The molecule has 0 saturated heterocycles. The predicted molar refractivity (Wildman–Crippen MR) is 65.7 cm³/mol. The van der Waals surface area contributed by atoms with Gasteiger partial charge in [-0.2, -0.15) is 8.78 Å². The molecule has 0 fully saturated rings. The number of halogens is 2. The van der Waals surface area contributed by atoms with Crippen molar-refractivity contribution in [2.24, 2.45) is 0 Å². The fraction of sp³-hybridized carbons (Fsp3) is 0.0833. The standard InChI is InChI=1S/C12H8F2N4O2/c13-12(14)20-8-3-1-7(2-4-8)9-16-17-10-11(19)15-5-6-18(9)10/h1-6,12H,(H,15,19). The first-order chi connectivity index (χ1) is 9.65. The number of fused-ring (bicyclic) bond motifs is 1. The molecule has 2 heterocycles. The summed E-state index contributed by atoms with van der Waals surface area (Å²) in [7, 11) is 0. The van der Waals surface area contributed by atoms with Crippen LogP contribution in [-0.4, -0.2) is 26.2 Å². The summed E-state index contributed by atoms with van der Waals surface area (Å²) in [6.45, 7) is -2.87. The zero-order valence-electron chi connectivity index (χ0n) is 9.96. The van der Waals surface area contributed by atoms with Gasteiger partial charge in [0.2, 0.25) is 5.65 Å². The summed E-state index contributed by atoms with van der Waals surface area (Å²) in [4.78, 5) is 14.0. The molecule has 20 heavy (non-hydrogen) atoms. The second kappa shape index (κ2) is 4.72. The lowest BCUT2D eigenvalue weighted by molar-refractivity contribution is -0.0498. The average Bonchev–Trinajstić information content (AvgIpc) is 2.84. The van der Waals surface area contributed by atoms with Crippen molar-refractivity contribution >= 4 is 5.65 Å². The highest BCUT2D eigenvalue weighted by Crippen LogP contribution is 2.21. The fourth-order valence-electron chi connectivity index (χ4n) is 1.82. The topological polar surface area (TPSA) is 72.3 Å². The van der Waals surface area contributed by atoms with Crippen LogP contribution in [0.1, 0.15) is 0 Å². The molecule has 0 radical (unpaired) electrons. The number of benzene rings is 1. The first-order valence-corrected chi connectivity index (χ1v) is 5.63. The van der Waals surface area contributed by atoms with E-state index in [9.17, 15) is 13.6 Å². The number of nitrogens with zero attached hydrogens (tertiary/aromatic N) is 3. The summed E-state index contributed by atoms with van der Waals surface area (Å²) < 4.78 is 29.9. The molecule has 6 nitrogen and oxygen atoms in total. The van der Waals surface area contributed by atoms with E-state index in [2.05, 4.69) is 19.9 Å². The molecule has 0 spiro atoms. The van der Waals surface area contributed by atoms with Crippen molar-refractivity contribution in [2.75, 3.05) is 0 Å². The molecule has 8 heteroatoms. The molecule has 0 saturated carbocycles. The minimum atomic E-state index is -2.87. The number of aromatic amines is 1. The van der Waals surface area contributed by atoms with Crippen LogP contribution in [0, 0.1) is 0 Å². The van der Waals surface area contributed by atoms with Crippen LogP contribution >= 0.6 is 0 Å². The summed E-state index contributed by atoms with van der Waals surface area (Å²) in [5.41, 5.74) is 0.434. The van der Waals surface area contributed by atoms with E-state index in [1.807, 2.05) is 0 Å². The second-order valence-corrected chi connectivity index (χ2v) is 3.91. The van der Waals surface area contributed by atoms with Gasteiger partial charge in [0.1, 0.15) is 5.75 Å². The van der Waals surface area contributed by atoms with Crippen molar-refractivity contribution in [1.29, 1.82) is 0 Å². The number of hydrogen-bond acceptors (Lipinski definition) is 4. The number of aromatic nitrogens is 4. The van der Waals surface area contributed by atoms with Gasteiger partial charge in [-0.1, -0.05) is 0 Å². The zero-order chi connectivity index (χ0) is 14.1. The van der Waals surface area contributed by atoms with Gasteiger partial charge in [-0.25, -0.2) is 0 Å². The van der Waals surface area contributed by atoms with E-state index >= 15 is 0 Å². The van der Waals surface area contributed by atoms with Gasteiger partial charge in [0.15, 0.2) is 5.82 Å². The minimum Gasteiger partial charge on any atom is -0.435 e. The molecule has 2 aromatic heterocycles. The molecule has 0 aliphatic rings. The van der Waals surface area contributed by atoms with Crippen molar-refractivity contribution in [3.8, 4) is 17.1 Å². The molecule has 0 bridgehead atoms. The van der Waals surface area contributed by atoms with E-state index in [4.69, 9.17) is 0 Å². The van der Waals surface area contributed by atoms with Crippen LogP contribution in [0.5, 0.6) is 5.75 Å². The van der Waals surface area contributed by atoms with Gasteiger partial charge in [-0.15, -0.1) is 10.2 Å². The smallest absolute Gasteiger partial charge is 0.387 e. The number of ether oxygens (including phenoxy) is 1. The molecular weight excluding hydrogens is 270 g/mol. The van der Waals surface area contributed by atoms with E-state index < -0.39 is 6.61 Å². The Bertz CT molecular complexity index is 795. The number of alkyl halides is 2. The lowest BCUT2D eigenvalue weighted by atomic mass is 10.2. The largest absolute Gasteiger partial charge is 0.435 e. The first kappa shape index (κ1) is 12.3. The van der Waals surface area contributed by atoms with Gasteiger partial charge < -0.3 is 9.72 Å². The Morgan fingerprint density at radius 2 is 1.95 bits per heavy atom. The fourth-order valence-corrected chi connectivity index (χ4v) is 1.82. The van der Waals surface area contributed by atoms with Gasteiger partial charge in [-0.05, 0) is 24.3 Å². The van der Waals surface area contributed by atoms with E-state index in [1.54, 1.807) is 18.3 Å². The van der Waals surface area contributed by atoms with Gasteiger partial charge >= 0.3 is 6.61 Å². The van der Waals surface area contributed by atoms with Crippen molar-refractivity contribution in [2.45, 2.75) is 6.61 Å². The third-order valence-corrected chi connectivity index (χ3v) is 2.67. The maximum atomic E-state index is 12.1. The second-order valence-electron chi connectivity index (χ2n) is 3.91. The summed E-state index contributed by atoms with van der Waals surface area (Å²) in [5.74, 6) is 0.491. The van der Waals surface area contributed by atoms with Gasteiger partial charge in [-0.3, -0.25) is 9.20 Å². The third-order valence-electron chi connectivity index (χ3n) is 2.67. The Balaban J connectivity index is 2.03. The molecule has 0 unspecified atom stereocenters. The highest BCUT2D eigenvalue weighted by molar-refractivity contribution is 5.59. The minimum absolute atomic E-state index is 0.0513. The predicted octanol–water partition coefficient (Wildman–Crippen LogP) is 1.69. The Morgan fingerprint density at radius 3 is 2.65 bits per heavy atom. The van der Waals surface area contributed by atoms with Crippen LogP contribution in [0.3, 0.4) is 0 Å². The monoisotopic (exact) mass is 278 g/mol. The van der Waals surface area contributed by atoms with Gasteiger partial charge in [0.05, 0.1) is 0 Å². The summed E-state index contributed by atoms with van der Waals surface area (Å²) in [6, 6.07) is 5.93. The van der Waals surface area contributed by atoms with Crippen molar-refractivity contribution in [3.63, 3.8) is 0 Å². The zero-order valence-corrected chi connectivity index (χ0v) is 9.96. The summed E-state index contributed by atoms with van der Waals surface area (Å²) >= 11 is 0. The van der Waals surface area contributed by atoms with E-state index in [0.29, 0.717) is 11.4 Å². The number of hydrogen-bond donors (Lipinski definition) is 1. The van der Waals surface area contributed by atoms with Crippen LogP contribution in [0.15, 0.2) is 41.5 Å². The molecule has 1 N–H and O–H groups in total. The normalized spacial score (nSPS) is 11.2. The molecule has 1 aromatic carbocycles. The van der Waals surface area contributed by atoms with E-state index in [0.717, 1.165) is 0 Å². The Kier molecular flexibility index (Phi) is 2.90. The number of H-pyrrole nitrogens is 1. The molecular formula is C12H8F2N4O2. The lowest BCUT2D eigenvalue weighted by Crippen LogP contribution is -2.08. The Hall–Kier alpha value is -2.77. The average molecular weight is 278 g/mol. The summed E-state index contributed by atoms with van der Waals surface area (Å²) in [6.07, 6.45) is 3.08. The molecule has 0 atom stereocenters. The Labute approximate surface area is 110 Å². The van der Waals surface area contributed by atoms with Crippen molar-refractivity contribution in [3.05, 3.63) is 47.0 Å². The maximum absolute atomic E-state index is 12.1. The van der Waals surface area contributed by atoms with Crippen LogP contribution in [0.2, 0.25) is 0 Å².